The fourth-order valence-corrected chi connectivity index (χ4v) is 2.27. The smallest absolute Gasteiger partial charge is 0.373 e. The molecule has 1 unspecified atom stereocenters. The SMILES string of the molecule is CNC(Cc1c(F)cccc1Cl)c1ccc(C(=O)OC)o1. The molecular weight excluding hydrogens is 297 g/mol. The zero-order valence-electron chi connectivity index (χ0n) is 11.7. The molecule has 0 saturated carbocycles. The van der Waals surface area contributed by atoms with E-state index in [1.54, 1.807) is 25.2 Å². The van der Waals surface area contributed by atoms with Crippen molar-refractivity contribution in [1.82, 2.24) is 5.32 Å². The second-order valence-electron chi connectivity index (χ2n) is 4.44. The second kappa shape index (κ2) is 6.74. The fourth-order valence-electron chi connectivity index (χ4n) is 2.03. The maximum Gasteiger partial charge on any atom is 0.373 e. The van der Waals surface area contributed by atoms with Crippen LogP contribution in [0.2, 0.25) is 5.02 Å². The lowest BCUT2D eigenvalue weighted by Gasteiger charge is -2.15. The highest BCUT2D eigenvalue weighted by molar-refractivity contribution is 6.31. The molecule has 1 aromatic carbocycles. The average molecular weight is 312 g/mol. The number of nitrogens with one attached hydrogen (secondary N) is 1. The number of hydrogen-bond donors (Lipinski definition) is 1. The number of halogens is 2. The van der Waals surface area contributed by atoms with Crippen LogP contribution in [-0.2, 0) is 11.2 Å². The maximum atomic E-state index is 13.8. The van der Waals surface area contributed by atoms with Gasteiger partial charge in [0.15, 0.2) is 0 Å². The fraction of sp³-hybridized carbons (Fsp3) is 0.267. The predicted molar refractivity (Wildman–Crippen MR) is 77.0 cm³/mol. The summed E-state index contributed by atoms with van der Waals surface area (Å²) < 4.78 is 23.9. The summed E-state index contributed by atoms with van der Waals surface area (Å²) in [6, 6.07) is 7.41. The molecule has 1 atom stereocenters. The summed E-state index contributed by atoms with van der Waals surface area (Å²) in [5.74, 6) is -0.313. The zero-order chi connectivity index (χ0) is 15.4. The van der Waals surface area contributed by atoms with E-state index >= 15 is 0 Å². The summed E-state index contributed by atoms with van der Waals surface area (Å²) in [6.45, 7) is 0. The van der Waals surface area contributed by atoms with Gasteiger partial charge in [0.1, 0.15) is 11.6 Å². The van der Waals surface area contributed by atoms with Crippen LogP contribution >= 0.6 is 11.6 Å². The van der Waals surface area contributed by atoms with Crippen molar-refractivity contribution in [3.05, 3.63) is 58.3 Å². The van der Waals surface area contributed by atoms with Crippen LogP contribution in [0.15, 0.2) is 34.7 Å². The van der Waals surface area contributed by atoms with Crippen molar-refractivity contribution in [3.63, 3.8) is 0 Å². The van der Waals surface area contributed by atoms with Gasteiger partial charge in [0.2, 0.25) is 5.76 Å². The van der Waals surface area contributed by atoms with Crippen LogP contribution in [0.5, 0.6) is 0 Å². The lowest BCUT2D eigenvalue weighted by Crippen LogP contribution is -2.19. The molecule has 2 rings (SSSR count). The van der Waals surface area contributed by atoms with Gasteiger partial charge in [0, 0.05) is 10.6 Å². The number of carbonyl (C=O) groups is 1. The molecule has 0 aliphatic heterocycles. The molecule has 0 amide bonds. The molecule has 0 aliphatic carbocycles. The van der Waals surface area contributed by atoms with Crippen LogP contribution in [0, 0.1) is 5.82 Å². The molecule has 1 heterocycles. The first-order valence-corrected chi connectivity index (χ1v) is 6.72. The molecule has 21 heavy (non-hydrogen) atoms. The largest absolute Gasteiger partial charge is 0.463 e. The Kier molecular flexibility index (Phi) is 4.98. The van der Waals surface area contributed by atoms with Crippen molar-refractivity contribution in [2.24, 2.45) is 0 Å². The molecule has 0 radical (unpaired) electrons. The van der Waals surface area contributed by atoms with Crippen molar-refractivity contribution in [2.45, 2.75) is 12.5 Å². The van der Waals surface area contributed by atoms with Crippen molar-refractivity contribution in [2.75, 3.05) is 14.2 Å². The number of rotatable bonds is 5. The Morgan fingerprint density at radius 1 is 1.43 bits per heavy atom. The molecule has 0 saturated heterocycles. The van der Waals surface area contributed by atoms with Crippen molar-refractivity contribution < 1.29 is 18.3 Å². The van der Waals surface area contributed by atoms with Gasteiger partial charge in [0.25, 0.3) is 0 Å². The molecule has 0 fully saturated rings. The van der Waals surface area contributed by atoms with E-state index < -0.39 is 5.97 Å². The highest BCUT2D eigenvalue weighted by Crippen LogP contribution is 2.26. The number of likely N-dealkylation sites (N-methyl/N-ethyl adjacent to an activating group) is 1. The quantitative estimate of drug-likeness (QED) is 0.860. The van der Waals surface area contributed by atoms with Gasteiger partial charge in [-0.2, -0.15) is 0 Å². The first-order valence-electron chi connectivity index (χ1n) is 6.35. The monoisotopic (exact) mass is 311 g/mol. The number of hydrogen-bond acceptors (Lipinski definition) is 4. The van der Waals surface area contributed by atoms with Gasteiger partial charge in [-0.1, -0.05) is 17.7 Å². The van der Waals surface area contributed by atoms with Gasteiger partial charge < -0.3 is 14.5 Å². The molecule has 4 nitrogen and oxygen atoms in total. The van der Waals surface area contributed by atoms with E-state index in [9.17, 15) is 9.18 Å². The Bertz CT molecular complexity index is 621. The van der Waals surface area contributed by atoms with Gasteiger partial charge in [0.05, 0.1) is 13.2 Å². The van der Waals surface area contributed by atoms with Gasteiger partial charge in [-0.25, -0.2) is 9.18 Å². The summed E-state index contributed by atoms with van der Waals surface area (Å²) in [5.41, 5.74) is 0.398. The first-order chi connectivity index (χ1) is 10.1. The zero-order valence-corrected chi connectivity index (χ0v) is 12.4. The van der Waals surface area contributed by atoms with E-state index in [2.05, 4.69) is 10.1 Å². The Hall–Kier alpha value is -1.85. The minimum Gasteiger partial charge on any atom is -0.463 e. The number of ether oxygens (including phenoxy) is 1. The highest BCUT2D eigenvalue weighted by atomic mass is 35.5. The number of furan rings is 1. The Morgan fingerprint density at radius 2 is 2.19 bits per heavy atom. The summed E-state index contributed by atoms with van der Waals surface area (Å²) in [5, 5.41) is 3.38. The maximum absolute atomic E-state index is 13.8. The third-order valence-electron chi connectivity index (χ3n) is 3.18. The average Bonchev–Trinajstić information content (AvgIpc) is 2.96. The number of methoxy groups -OCH3 is 1. The summed E-state index contributed by atoms with van der Waals surface area (Å²) in [7, 11) is 3.00. The highest BCUT2D eigenvalue weighted by Gasteiger charge is 2.20. The molecule has 0 aliphatic rings. The van der Waals surface area contributed by atoms with Crippen LogP contribution in [0.1, 0.15) is 27.9 Å². The van der Waals surface area contributed by atoms with E-state index in [1.807, 2.05) is 0 Å². The third kappa shape index (κ3) is 3.43. The van der Waals surface area contributed by atoms with Gasteiger partial charge in [-0.3, -0.25) is 0 Å². The number of benzene rings is 1. The Balaban J connectivity index is 2.24. The first kappa shape index (κ1) is 15.5. The molecule has 1 N–H and O–H groups in total. The minimum atomic E-state index is -0.556. The molecule has 1 aromatic heterocycles. The summed E-state index contributed by atoms with van der Waals surface area (Å²) >= 11 is 6.02. The van der Waals surface area contributed by atoms with Crippen LogP contribution in [0.4, 0.5) is 4.39 Å². The molecule has 0 spiro atoms. The molecule has 2 aromatic rings. The molecule has 0 bridgehead atoms. The van der Waals surface area contributed by atoms with E-state index in [0.29, 0.717) is 22.8 Å². The number of esters is 1. The standard InChI is InChI=1S/C15H15ClFNO3/c1-18-12(8-9-10(16)4-3-5-11(9)17)13-6-7-14(21-13)15(19)20-2/h3-7,12,18H,8H2,1-2H3. The lowest BCUT2D eigenvalue weighted by molar-refractivity contribution is 0.0562. The topological polar surface area (TPSA) is 51.5 Å². The normalized spacial score (nSPS) is 12.2. The van der Waals surface area contributed by atoms with Crippen molar-refractivity contribution >= 4 is 17.6 Å². The van der Waals surface area contributed by atoms with Crippen LogP contribution in [-0.4, -0.2) is 20.1 Å². The second-order valence-corrected chi connectivity index (χ2v) is 4.85. The Morgan fingerprint density at radius 3 is 2.81 bits per heavy atom. The minimum absolute atomic E-state index is 0.104. The molecular formula is C15H15ClFNO3. The Labute approximate surface area is 126 Å². The lowest BCUT2D eigenvalue weighted by atomic mass is 10.0. The van der Waals surface area contributed by atoms with Gasteiger partial charge in [-0.15, -0.1) is 0 Å². The van der Waals surface area contributed by atoms with Crippen molar-refractivity contribution in [3.8, 4) is 0 Å². The summed E-state index contributed by atoms with van der Waals surface area (Å²) in [4.78, 5) is 11.4. The van der Waals surface area contributed by atoms with Crippen LogP contribution < -0.4 is 5.32 Å². The van der Waals surface area contributed by atoms with Crippen molar-refractivity contribution in [1.29, 1.82) is 0 Å². The van der Waals surface area contributed by atoms with Crippen LogP contribution in [0.25, 0.3) is 0 Å². The number of carbonyl (C=O) groups excluding carboxylic acids is 1. The third-order valence-corrected chi connectivity index (χ3v) is 3.53. The molecule has 6 heteroatoms. The van der Waals surface area contributed by atoms with Gasteiger partial charge >= 0.3 is 5.97 Å². The van der Waals surface area contributed by atoms with Crippen LogP contribution in [0.3, 0.4) is 0 Å². The predicted octanol–water partition coefficient (Wildman–Crippen LogP) is 3.36. The molecule has 112 valence electrons. The van der Waals surface area contributed by atoms with E-state index in [0.717, 1.165) is 0 Å². The summed E-state index contributed by atoms with van der Waals surface area (Å²) in [6.07, 6.45) is 0.302. The van der Waals surface area contributed by atoms with E-state index in [4.69, 9.17) is 16.0 Å². The van der Waals surface area contributed by atoms with E-state index in [-0.39, 0.29) is 17.6 Å². The van der Waals surface area contributed by atoms with E-state index in [1.165, 1.54) is 19.2 Å². The van der Waals surface area contributed by atoms with Gasteiger partial charge in [-0.05, 0) is 37.7 Å².